The van der Waals surface area contributed by atoms with Crippen LogP contribution in [0.1, 0.15) is 27.6 Å². The van der Waals surface area contributed by atoms with E-state index in [9.17, 15) is 22.0 Å². The maximum Gasteiger partial charge on any atom is 0.341 e. The van der Waals surface area contributed by atoms with Gasteiger partial charge in [0, 0.05) is 17.4 Å². The van der Waals surface area contributed by atoms with Crippen LogP contribution >= 0.6 is 0 Å². The standard InChI is InChI=1S/C24H21F2N5O4S/c1-14-12-15(2)31(30-14)21-13-22(28-16(3)27-21)35-18-10-8-17(9-11-18)29-23(32)19-6-4-5-7-20(19)36(33,34)24(25)26/h4-13,24H,1-3H3,(H,29,32). The zero-order valence-corrected chi connectivity index (χ0v) is 20.3. The normalized spacial score (nSPS) is 11.5. The number of rotatable bonds is 7. The average molecular weight is 514 g/mol. The minimum absolute atomic E-state index is 0.285. The van der Waals surface area contributed by atoms with E-state index in [0.29, 0.717) is 23.1 Å². The van der Waals surface area contributed by atoms with Gasteiger partial charge in [0.2, 0.25) is 15.7 Å². The van der Waals surface area contributed by atoms with Crippen molar-refractivity contribution in [2.45, 2.75) is 31.4 Å². The smallest absolute Gasteiger partial charge is 0.341 e. The fourth-order valence-corrected chi connectivity index (χ4v) is 4.40. The number of sulfone groups is 1. The SMILES string of the molecule is Cc1cc(C)n(-c2cc(Oc3ccc(NC(=O)c4ccccc4S(=O)(=O)C(F)F)cc3)nc(C)n2)n1. The van der Waals surface area contributed by atoms with Crippen molar-refractivity contribution in [3.05, 3.63) is 83.4 Å². The summed E-state index contributed by atoms with van der Waals surface area (Å²) in [6.07, 6.45) is 0. The maximum atomic E-state index is 13.0. The maximum absolute atomic E-state index is 13.0. The number of carbonyl (C=O) groups excluding carboxylic acids is 1. The monoisotopic (exact) mass is 513 g/mol. The predicted octanol–water partition coefficient (Wildman–Crippen LogP) is 4.63. The van der Waals surface area contributed by atoms with Gasteiger partial charge in [0.05, 0.1) is 16.2 Å². The Hall–Kier alpha value is -4.19. The zero-order chi connectivity index (χ0) is 26.0. The summed E-state index contributed by atoms with van der Waals surface area (Å²) >= 11 is 0. The average Bonchev–Trinajstić information content (AvgIpc) is 3.17. The molecule has 0 aliphatic rings. The van der Waals surface area contributed by atoms with Crippen LogP contribution in [0.4, 0.5) is 14.5 Å². The van der Waals surface area contributed by atoms with Gasteiger partial charge in [-0.2, -0.15) is 18.9 Å². The van der Waals surface area contributed by atoms with Crippen LogP contribution < -0.4 is 10.1 Å². The van der Waals surface area contributed by atoms with Crippen molar-refractivity contribution in [1.29, 1.82) is 0 Å². The van der Waals surface area contributed by atoms with Crippen LogP contribution in [0, 0.1) is 20.8 Å². The number of hydrogen-bond acceptors (Lipinski definition) is 7. The van der Waals surface area contributed by atoms with Crippen molar-refractivity contribution in [3.8, 4) is 17.4 Å². The number of ether oxygens (including phenoxy) is 1. The van der Waals surface area contributed by atoms with Gasteiger partial charge in [-0.25, -0.2) is 18.1 Å². The lowest BCUT2D eigenvalue weighted by molar-refractivity contribution is 0.102. The fourth-order valence-electron chi connectivity index (χ4n) is 3.47. The summed E-state index contributed by atoms with van der Waals surface area (Å²) in [6.45, 7) is 5.52. The topological polar surface area (TPSA) is 116 Å². The summed E-state index contributed by atoms with van der Waals surface area (Å²) in [5.74, 6) is -2.76. The molecule has 4 rings (SSSR count). The number of nitrogens with one attached hydrogen (secondary N) is 1. The molecular formula is C24H21F2N5O4S. The van der Waals surface area contributed by atoms with Crippen molar-refractivity contribution >= 4 is 21.4 Å². The van der Waals surface area contributed by atoms with Gasteiger partial charge in [0.25, 0.3) is 5.91 Å². The number of alkyl halides is 2. The second-order valence-electron chi connectivity index (χ2n) is 7.83. The number of benzene rings is 2. The van der Waals surface area contributed by atoms with Crippen LogP contribution in [-0.4, -0.2) is 39.8 Å². The number of anilines is 1. The summed E-state index contributed by atoms with van der Waals surface area (Å²) in [6, 6.07) is 14.5. The zero-order valence-electron chi connectivity index (χ0n) is 19.4. The Labute approximate surface area is 205 Å². The second kappa shape index (κ2) is 9.82. The molecule has 12 heteroatoms. The Bertz CT molecular complexity index is 1540. The molecule has 186 valence electrons. The highest BCUT2D eigenvalue weighted by Gasteiger charge is 2.30. The van der Waals surface area contributed by atoms with Gasteiger partial charge in [0.15, 0.2) is 5.82 Å². The molecule has 2 aromatic heterocycles. The molecule has 0 atom stereocenters. The minimum Gasteiger partial charge on any atom is -0.439 e. The number of aryl methyl sites for hydroxylation is 3. The quantitative estimate of drug-likeness (QED) is 0.383. The van der Waals surface area contributed by atoms with Crippen molar-refractivity contribution in [2.24, 2.45) is 0 Å². The molecule has 0 bridgehead atoms. The van der Waals surface area contributed by atoms with E-state index in [2.05, 4.69) is 20.4 Å². The Morgan fingerprint density at radius 2 is 1.69 bits per heavy atom. The largest absolute Gasteiger partial charge is 0.439 e. The number of nitrogens with zero attached hydrogens (tertiary/aromatic N) is 4. The summed E-state index contributed by atoms with van der Waals surface area (Å²) in [5, 5.41) is 6.92. The third kappa shape index (κ3) is 5.23. The molecule has 0 saturated heterocycles. The van der Waals surface area contributed by atoms with E-state index in [-0.39, 0.29) is 11.4 Å². The van der Waals surface area contributed by atoms with Gasteiger partial charge in [-0.1, -0.05) is 12.1 Å². The highest BCUT2D eigenvalue weighted by Crippen LogP contribution is 2.26. The molecular weight excluding hydrogens is 492 g/mol. The highest BCUT2D eigenvalue weighted by atomic mass is 32.2. The third-order valence-corrected chi connectivity index (χ3v) is 6.47. The van der Waals surface area contributed by atoms with Crippen LogP contribution in [0.25, 0.3) is 5.82 Å². The molecule has 0 fully saturated rings. The summed E-state index contributed by atoms with van der Waals surface area (Å²) in [5.41, 5.74) is 1.67. The van der Waals surface area contributed by atoms with Crippen molar-refractivity contribution in [3.63, 3.8) is 0 Å². The van der Waals surface area contributed by atoms with Crippen molar-refractivity contribution in [2.75, 3.05) is 5.32 Å². The molecule has 0 saturated carbocycles. The first-order chi connectivity index (χ1) is 17.0. The van der Waals surface area contributed by atoms with Crippen molar-refractivity contribution in [1.82, 2.24) is 19.7 Å². The van der Waals surface area contributed by atoms with Gasteiger partial charge in [-0.15, -0.1) is 0 Å². The number of hydrogen-bond donors (Lipinski definition) is 1. The molecule has 0 aliphatic heterocycles. The van der Waals surface area contributed by atoms with Gasteiger partial charge < -0.3 is 10.1 Å². The lowest BCUT2D eigenvalue weighted by Crippen LogP contribution is -2.19. The first-order valence-corrected chi connectivity index (χ1v) is 12.2. The third-order valence-electron chi connectivity index (χ3n) is 5.03. The second-order valence-corrected chi connectivity index (χ2v) is 9.72. The summed E-state index contributed by atoms with van der Waals surface area (Å²) < 4.78 is 57.4. The van der Waals surface area contributed by atoms with E-state index in [1.54, 1.807) is 29.8 Å². The molecule has 1 amide bonds. The first-order valence-electron chi connectivity index (χ1n) is 10.6. The molecule has 1 N–H and O–H groups in total. The van der Waals surface area contributed by atoms with E-state index >= 15 is 0 Å². The molecule has 0 aliphatic carbocycles. The fraction of sp³-hybridized carbons (Fsp3) is 0.167. The van der Waals surface area contributed by atoms with E-state index < -0.39 is 26.4 Å². The van der Waals surface area contributed by atoms with Gasteiger partial charge >= 0.3 is 5.76 Å². The number of aromatic nitrogens is 4. The molecule has 0 spiro atoms. The van der Waals surface area contributed by atoms with Crippen LogP contribution in [0.15, 0.2) is 65.6 Å². The lowest BCUT2D eigenvalue weighted by atomic mass is 10.2. The minimum atomic E-state index is -4.95. The van der Waals surface area contributed by atoms with Gasteiger partial charge in [-0.3, -0.25) is 4.79 Å². The van der Waals surface area contributed by atoms with Gasteiger partial charge in [-0.05, 0) is 63.2 Å². The van der Waals surface area contributed by atoms with Crippen LogP contribution in [0.5, 0.6) is 11.6 Å². The number of carbonyl (C=O) groups is 1. The first kappa shape index (κ1) is 24.9. The number of amides is 1. The molecule has 0 unspecified atom stereocenters. The van der Waals surface area contributed by atoms with E-state index in [0.717, 1.165) is 17.5 Å². The van der Waals surface area contributed by atoms with Crippen LogP contribution in [0.3, 0.4) is 0 Å². The predicted molar refractivity (Wildman–Crippen MR) is 127 cm³/mol. The summed E-state index contributed by atoms with van der Waals surface area (Å²) in [4.78, 5) is 20.6. The molecule has 9 nitrogen and oxygen atoms in total. The Kier molecular flexibility index (Phi) is 6.80. The summed E-state index contributed by atoms with van der Waals surface area (Å²) in [7, 11) is -4.95. The highest BCUT2D eigenvalue weighted by molar-refractivity contribution is 7.91. The van der Waals surface area contributed by atoms with Crippen molar-refractivity contribution < 1.29 is 26.7 Å². The molecule has 2 aromatic carbocycles. The Morgan fingerprint density at radius 3 is 2.33 bits per heavy atom. The Balaban J connectivity index is 1.52. The van der Waals surface area contributed by atoms with Gasteiger partial charge in [0.1, 0.15) is 11.6 Å². The molecule has 0 radical (unpaired) electrons. The number of halogens is 2. The Morgan fingerprint density at radius 1 is 1.00 bits per heavy atom. The molecule has 36 heavy (non-hydrogen) atoms. The van der Waals surface area contributed by atoms with E-state index in [1.165, 1.54) is 30.3 Å². The molecule has 2 heterocycles. The van der Waals surface area contributed by atoms with E-state index in [1.807, 2.05) is 19.9 Å². The van der Waals surface area contributed by atoms with Crippen LogP contribution in [-0.2, 0) is 9.84 Å². The lowest BCUT2D eigenvalue weighted by Gasteiger charge is -2.11. The van der Waals surface area contributed by atoms with Crippen LogP contribution in [0.2, 0.25) is 0 Å². The van der Waals surface area contributed by atoms with E-state index in [4.69, 9.17) is 4.74 Å². The molecule has 4 aromatic rings.